The lowest BCUT2D eigenvalue weighted by atomic mass is 10.1. The van der Waals surface area contributed by atoms with Crippen molar-refractivity contribution in [1.82, 2.24) is 0 Å². The van der Waals surface area contributed by atoms with E-state index in [0.717, 1.165) is 0 Å². The molecule has 4 nitrogen and oxygen atoms in total. The first-order chi connectivity index (χ1) is 9.06. The molecule has 4 N–H and O–H groups in total. The van der Waals surface area contributed by atoms with E-state index in [0.29, 0.717) is 11.3 Å². The second-order valence-electron chi connectivity index (χ2n) is 4.08. The van der Waals surface area contributed by atoms with Crippen molar-refractivity contribution < 1.29 is 14.3 Å². The van der Waals surface area contributed by atoms with Gasteiger partial charge in [0.1, 0.15) is 17.6 Å². The number of amides is 1. The summed E-state index contributed by atoms with van der Waals surface area (Å²) in [7, 11) is 0. The highest BCUT2D eigenvalue weighted by Gasteiger charge is 2.17. The Balaban J connectivity index is 2.23. The minimum absolute atomic E-state index is 0.105. The van der Waals surface area contributed by atoms with Gasteiger partial charge in [0.05, 0.1) is 0 Å². The maximum absolute atomic E-state index is 12.8. The number of primary amides is 1. The van der Waals surface area contributed by atoms with E-state index in [1.807, 2.05) is 0 Å². The molecule has 0 spiro atoms. The molecule has 5 heteroatoms. The van der Waals surface area contributed by atoms with Crippen LogP contribution in [0.2, 0.25) is 0 Å². The van der Waals surface area contributed by atoms with Crippen LogP contribution in [0, 0.1) is 5.82 Å². The summed E-state index contributed by atoms with van der Waals surface area (Å²) in [5.74, 6) is -0.811. The summed E-state index contributed by atoms with van der Waals surface area (Å²) in [6, 6.07) is 11.0. The zero-order valence-electron chi connectivity index (χ0n) is 10.0. The number of hydrogen-bond donors (Lipinski definition) is 3. The smallest absolute Gasteiger partial charge is 0.244 e. The summed E-state index contributed by atoms with van der Waals surface area (Å²) in [6.07, 6.45) is 0. The Kier molecular flexibility index (Phi) is 3.66. The first-order valence-electron chi connectivity index (χ1n) is 5.66. The molecule has 0 saturated heterocycles. The van der Waals surface area contributed by atoms with Crippen molar-refractivity contribution >= 4 is 11.6 Å². The van der Waals surface area contributed by atoms with Gasteiger partial charge in [-0.2, -0.15) is 0 Å². The number of anilines is 1. The molecule has 2 aromatic carbocycles. The standard InChI is InChI=1S/C14H13FN2O2/c15-10-3-5-11(6-4-10)17-13(14(16)19)9-1-7-12(18)8-2-9/h1-8,13,17-18H,(H2,16,19). The van der Waals surface area contributed by atoms with Crippen LogP contribution in [0.5, 0.6) is 5.75 Å². The van der Waals surface area contributed by atoms with Crippen LogP contribution in [0.1, 0.15) is 11.6 Å². The van der Waals surface area contributed by atoms with Gasteiger partial charge < -0.3 is 16.2 Å². The van der Waals surface area contributed by atoms with E-state index >= 15 is 0 Å². The van der Waals surface area contributed by atoms with Gasteiger partial charge in [-0.3, -0.25) is 4.79 Å². The maximum Gasteiger partial charge on any atom is 0.244 e. The van der Waals surface area contributed by atoms with Crippen molar-refractivity contribution in [2.24, 2.45) is 5.73 Å². The van der Waals surface area contributed by atoms with Gasteiger partial charge in [0, 0.05) is 5.69 Å². The fourth-order valence-electron chi connectivity index (χ4n) is 1.70. The van der Waals surface area contributed by atoms with Crippen molar-refractivity contribution in [2.45, 2.75) is 6.04 Å². The third-order valence-corrected chi connectivity index (χ3v) is 2.67. The zero-order valence-corrected chi connectivity index (χ0v) is 10.0. The summed E-state index contributed by atoms with van der Waals surface area (Å²) in [5.41, 5.74) is 6.55. The third-order valence-electron chi connectivity index (χ3n) is 2.67. The van der Waals surface area contributed by atoms with E-state index < -0.39 is 11.9 Å². The zero-order chi connectivity index (χ0) is 13.8. The van der Waals surface area contributed by atoms with Gasteiger partial charge >= 0.3 is 0 Å². The fourth-order valence-corrected chi connectivity index (χ4v) is 1.70. The normalized spacial score (nSPS) is 11.8. The Hall–Kier alpha value is -2.56. The molecule has 0 heterocycles. The number of nitrogens with two attached hydrogens (primary N) is 1. The van der Waals surface area contributed by atoms with Gasteiger partial charge in [0.15, 0.2) is 0 Å². The van der Waals surface area contributed by atoms with Crippen molar-refractivity contribution in [3.8, 4) is 5.75 Å². The van der Waals surface area contributed by atoms with Crippen LogP contribution in [0.15, 0.2) is 48.5 Å². The van der Waals surface area contributed by atoms with Crippen LogP contribution in [0.4, 0.5) is 10.1 Å². The van der Waals surface area contributed by atoms with E-state index in [1.165, 1.54) is 36.4 Å². The number of phenols is 1. The number of rotatable bonds is 4. The van der Waals surface area contributed by atoms with Gasteiger partial charge in [-0.25, -0.2) is 4.39 Å². The van der Waals surface area contributed by atoms with Crippen LogP contribution in [0.25, 0.3) is 0 Å². The number of phenolic OH excluding ortho intramolecular Hbond substituents is 1. The number of carbonyl (C=O) groups is 1. The summed E-state index contributed by atoms with van der Waals surface area (Å²) >= 11 is 0. The molecule has 0 saturated carbocycles. The second kappa shape index (κ2) is 5.39. The predicted molar refractivity (Wildman–Crippen MR) is 70.1 cm³/mol. The molecular weight excluding hydrogens is 247 g/mol. The average Bonchev–Trinajstić information content (AvgIpc) is 2.39. The Labute approximate surface area is 109 Å². The highest BCUT2D eigenvalue weighted by atomic mass is 19.1. The molecule has 98 valence electrons. The molecule has 1 unspecified atom stereocenters. The Morgan fingerprint density at radius 2 is 1.68 bits per heavy atom. The van der Waals surface area contributed by atoms with Crippen molar-refractivity contribution in [2.75, 3.05) is 5.32 Å². The molecule has 2 aromatic rings. The number of nitrogens with one attached hydrogen (secondary N) is 1. The second-order valence-corrected chi connectivity index (χ2v) is 4.08. The largest absolute Gasteiger partial charge is 0.508 e. The molecule has 0 aliphatic carbocycles. The van der Waals surface area contributed by atoms with E-state index in [9.17, 15) is 14.3 Å². The fraction of sp³-hybridized carbons (Fsp3) is 0.0714. The Bertz CT molecular complexity index is 567. The summed E-state index contributed by atoms with van der Waals surface area (Å²) in [5, 5.41) is 12.1. The van der Waals surface area contributed by atoms with E-state index in [2.05, 4.69) is 5.32 Å². The number of hydrogen-bond acceptors (Lipinski definition) is 3. The molecule has 0 aromatic heterocycles. The minimum atomic E-state index is -0.744. The lowest BCUT2D eigenvalue weighted by molar-refractivity contribution is -0.118. The first-order valence-corrected chi connectivity index (χ1v) is 5.66. The maximum atomic E-state index is 12.8. The molecule has 0 radical (unpaired) electrons. The van der Waals surface area contributed by atoms with Gasteiger partial charge in [-0.15, -0.1) is 0 Å². The lowest BCUT2D eigenvalue weighted by Gasteiger charge is -2.17. The van der Waals surface area contributed by atoms with Gasteiger partial charge in [-0.1, -0.05) is 12.1 Å². The van der Waals surface area contributed by atoms with Crippen LogP contribution in [-0.2, 0) is 4.79 Å². The molecule has 2 rings (SSSR count). The van der Waals surface area contributed by atoms with Crippen LogP contribution >= 0.6 is 0 Å². The Morgan fingerprint density at radius 1 is 1.11 bits per heavy atom. The first kappa shape index (κ1) is 12.9. The minimum Gasteiger partial charge on any atom is -0.508 e. The SMILES string of the molecule is NC(=O)C(Nc1ccc(F)cc1)c1ccc(O)cc1. The van der Waals surface area contributed by atoms with Crippen molar-refractivity contribution in [3.05, 3.63) is 59.9 Å². The lowest BCUT2D eigenvalue weighted by Crippen LogP contribution is -2.27. The third kappa shape index (κ3) is 3.22. The van der Waals surface area contributed by atoms with Crippen molar-refractivity contribution in [3.63, 3.8) is 0 Å². The van der Waals surface area contributed by atoms with Gasteiger partial charge in [-0.05, 0) is 42.0 Å². The highest BCUT2D eigenvalue weighted by Crippen LogP contribution is 2.21. The van der Waals surface area contributed by atoms with Crippen molar-refractivity contribution in [1.29, 1.82) is 0 Å². The summed E-state index contributed by atoms with van der Waals surface area (Å²) in [4.78, 5) is 11.5. The highest BCUT2D eigenvalue weighted by molar-refractivity contribution is 5.84. The molecule has 19 heavy (non-hydrogen) atoms. The summed E-state index contributed by atoms with van der Waals surface area (Å²) < 4.78 is 12.8. The molecule has 0 bridgehead atoms. The number of carbonyl (C=O) groups excluding carboxylic acids is 1. The quantitative estimate of drug-likeness (QED) is 0.788. The molecule has 0 fully saturated rings. The molecular formula is C14H13FN2O2. The van der Waals surface area contributed by atoms with E-state index in [1.54, 1.807) is 12.1 Å². The summed E-state index contributed by atoms with van der Waals surface area (Å²) in [6.45, 7) is 0. The van der Waals surface area contributed by atoms with Gasteiger partial charge in [0.2, 0.25) is 5.91 Å². The monoisotopic (exact) mass is 260 g/mol. The van der Waals surface area contributed by atoms with Gasteiger partial charge in [0.25, 0.3) is 0 Å². The van der Waals surface area contributed by atoms with Crippen LogP contribution in [-0.4, -0.2) is 11.0 Å². The number of benzene rings is 2. The van der Waals surface area contributed by atoms with E-state index in [-0.39, 0.29) is 11.6 Å². The molecule has 0 aliphatic heterocycles. The van der Waals surface area contributed by atoms with Crippen LogP contribution in [0.3, 0.4) is 0 Å². The Morgan fingerprint density at radius 3 is 2.21 bits per heavy atom. The van der Waals surface area contributed by atoms with E-state index in [4.69, 9.17) is 5.73 Å². The topological polar surface area (TPSA) is 75.4 Å². The molecule has 0 aliphatic rings. The molecule has 1 amide bonds. The predicted octanol–water partition coefficient (Wildman–Crippen LogP) is 2.17. The van der Waals surface area contributed by atoms with Crippen LogP contribution < -0.4 is 11.1 Å². The number of halogens is 1. The average molecular weight is 260 g/mol. The number of aromatic hydroxyl groups is 1. The molecule has 1 atom stereocenters.